The van der Waals surface area contributed by atoms with Crippen molar-refractivity contribution in [2.75, 3.05) is 20.7 Å². The first kappa shape index (κ1) is 23.4. The van der Waals surface area contributed by atoms with Crippen molar-refractivity contribution in [1.29, 1.82) is 0 Å². The monoisotopic (exact) mass is 482 g/mol. The van der Waals surface area contributed by atoms with Crippen molar-refractivity contribution in [3.63, 3.8) is 0 Å². The third-order valence-electron chi connectivity index (χ3n) is 5.86. The van der Waals surface area contributed by atoms with Gasteiger partial charge in [-0.25, -0.2) is 4.79 Å². The first-order valence-electron chi connectivity index (χ1n) is 10.9. The number of benzene rings is 1. The summed E-state index contributed by atoms with van der Waals surface area (Å²) in [6.07, 6.45) is 3.61. The topological polar surface area (TPSA) is 104 Å². The minimum absolute atomic E-state index is 0.305. The molecule has 34 heavy (non-hydrogen) atoms. The number of ether oxygens (including phenoxy) is 1. The molecule has 3 heterocycles. The van der Waals surface area contributed by atoms with Gasteiger partial charge in [-0.2, -0.15) is 10.2 Å². The first-order valence-corrected chi connectivity index (χ1v) is 11.7. The number of hydrogen-bond donors (Lipinski definition) is 0. The number of likely N-dealkylation sites (N-methyl/N-ethyl adjacent to an activating group) is 1. The minimum atomic E-state index is -0.522. The number of rotatable bonds is 8. The highest BCUT2D eigenvalue weighted by Gasteiger charge is 2.23. The quantitative estimate of drug-likeness (QED) is 0.380. The van der Waals surface area contributed by atoms with E-state index in [2.05, 4.69) is 10.2 Å². The molecular formula is C23H26N6O4S. The van der Waals surface area contributed by atoms with Crippen molar-refractivity contribution < 1.29 is 9.53 Å². The van der Waals surface area contributed by atoms with E-state index in [4.69, 9.17) is 4.74 Å². The van der Waals surface area contributed by atoms with Crippen LogP contribution in [0, 0.1) is 6.92 Å². The highest BCUT2D eigenvalue weighted by molar-refractivity contribution is 7.21. The van der Waals surface area contributed by atoms with Gasteiger partial charge in [0.05, 0.1) is 24.9 Å². The van der Waals surface area contributed by atoms with Crippen LogP contribution in [0.5, 0.6) is 5.75 Å². The van der Waals surface area contributed by atoms with E-state index < -0.39 is 11.2 Å². The zero-order chi connectivity index (χ0) is 24.4. The van der Waals surface area contributed by atoms with Crippen LogP contribution < -0.4 is 16.0 Å². The molecule has 0 spiro atoms. The van der Waals surface area contributed by atoms with Crippen LogP contribution in [-0.2, 0) is 24.3 Å². The number of nitrogens with zero attached hydrogens (tertiary/aromatic N) is 6. The Morgan fingerprint density at radius 3 is 2.53 bits per heavy atom. The second-order valence-electron chi connectivity index (χ2n) is 7.83. The first-order chi connectivity index (χ1) is 16.4. The lowest BCUT2D eigenvalue weighted by Gasteiger charge is -2.17. The molecule has 0 aliphatic carbocycles. The van der Waals surface area contributed by atoms with Crippen molar-refractivity contribution in [3.05, 3.63) is 68.6 Å². The van der Waals surface area contributed by atoms with Crippen molar-refractivity contribution in [3.8, 4) is 10.8 Å². The predicted molar refractivity (Wildman–Crippen MR) is 130 cm³/mol. The smallest absolute Gasteiger partial charge is 0.332 e. The number of carbonyl (C=O) groups excluding carboxylic acids is 1. The number of methoxy groups -OCH3 is 1. The molecule has 0 N–H and O–H groups in total. The summed E-state index contributed by atoms with van der Waals surface area (Å²) in [5, 5.41) is 9.42. The molecule has 1 amide bonds. The van der Waals surface area contributed by atoms with Crippen LogP contribution in [0.25, 0.3) is 15.2 Å². The maximum atomic E-state index is 13.5. The molecule has 3 aromatic heterocycles. The van der Waals surface area contributed by atoms with E-state index in [0.29, 0.717) is 40.3 Å². The molecule has 0 aliphatic rings. The fourth-order valence-corrected chi connectivity index (χ4v) is 5.04. The summed E-state index contributed by atoms with van der Waals surface area (Å²) in [6, 6.07) is 7.60. The Morgan fingerprint density at radius 2 is 1.85 bits per heavy atom. The van der Waals surface area contributed by atoms with Crippen LogP contribution in [-0.4, -0.2) is 55.6 Å². The van der Waals surface area contributed by atoms with Crippen molar-refractivity contribution >= 4 is 27.5 Å². The molecule has 11 heteroatoms. The number of thiophene rings is 1. The third kappa shape index (κ3) is 4.14. The minimum Gasteiger partial charge on any atom is -0.496 e. The van der Waals surface area contributed by atoms with E-state index in [9.17, 15) is 14.4 Å². The average Bonchev–Trinajstić information content (AvgIpc) is 3.49. The summed E-state index contributed by atoms with van der Waals surface area (Å²) in [5.41, 5.74) is 0.592. The molecule has 1 aromatic carbocycles. The maximum absolute atomic E-state index is 13.5. The van der Waals surface area contributed by atoms with Gasteiger partial charge in [-0.3, -0.25) is 18.7 Å². The lowest BCUT2D eigenvalue weighted by molar-refractivity contribution is -0.130. The fraction of sp³-hybridized carbons (Fsp3) is 0.348. The molecule has 0 saturated heterocycles. The summed E-state index contributed by atoms with van der Waals surface area (Å²) >= 11 is 1.28. The Hall–Kier alpha value is -3.73. The van der Waals surface area contributed by atoms with Gasteiger partial charge in [0, 0.05) is 25.7 Å². The molecule has 10 nitrogen and oxygen atoms in total. The van der Waals surface area contributed by atoms with Crippen LogP contribution in [0.15, 0.2) is 46.2 Å². The van der Waals surface area contributed by atoms with E-state index in [1.807, 2.05) is 31.2 Å². The second kappa shape index (κ2) is 9.64. The Morgan fingerprint density at radius 1 is 1.15 bits per heavy atom. The number of carbonyl (C=O) groups is 1. The van der Waals surface area contributed by atoms with Crippen LogP contribution in [0.1, 0.15) is 18.1 Å². The highest BCUT2D eigenvalue weighted by atomic mass is 32.1. The molecule has 0 fully saturated rings. The molecule has 4 rings (SSSR count). The Balaban J connectivity index is 1.89. The standard InChI is InChI=1S/C23H26N6O4S/c1-5-26(3)18(30)14-28-20(31)19-15(2)21(29-24-11-12-25-29)34-22(19)27(23(28)32)13-10-16-8-6-7-9-17(16)33-4/h6-9,11-12H,5,10,13-14H2,1-4H3. The van der Waals surface area contributed by atoms with E-state index in [-0.39, 0.29) is 12.5 Å². The number of aromatic nitrogens is 5. The Bertz CT molecular complexity index is 1450. The molecule has 0 aliphatic heterocycles. The zero-order valence-corrected chi connectivity index (χ0v) is 20.3. The third-order valence-corrected chi connectivity index (χ3v) is 7.14. The van der Waals surface area contributed by atoms with Crippen LogP contribution in [0.4, 0.5) is 0 Å². The Labute approximate surface area is 199 Å². The number of aryl methyl sites for hydroxylation is 3. The molecule has 0 bridgehead atoms. The molecule has 0 radical (unpaired) electrons. The van der Waals surface area contributed by atoms with Gasteiger partial charge in [0.2, 0.25) is 5.91 Å². The van der Waals surface area contributed by atoms with Crippen molar-refractivity contribution in [1.82, 2.24) is 29.0 Å². The van der Waals surface area contributed by atoms with Crippen molar-refractivity contribution in [2.24, 2.45) is 0 Å². The van der Waals surface area contributed by atoms with Crippen LogP contribution in [0.2, 0.25) is 0 Å². The largest absolute Gasteiger partial charge is 0.496 e. The van der Waals surface area contributed by atoms with Gasteiger partial charge in [-0.15, -0.1) is 4.80 Å². The normalized spacial score (nSPS) is 11.2. The van der Waals surface area contributed by atoms with Gasteiger partial charge in [0.1, 0.15) is 22.1 Å². The van der Waals surface area contributed by atoms with E-state index in [1.54, 1.807) is 38.0 Å². The van der Waals surface area contributed by atoms with Gasteiger partial charge in [-0.05, 0) is 31.9 Å². The van der Waals surface area contributed by atoms with Gasteiger partial charge < -0.3 is 9.64 Å². The molecule has 178 valence electrons. The SMILES string of the molecule is CCN(C)C(=O)Cn1c(=O)c2c(C)c(-n3nccn3)sc2n(CCc2ccccc2OC)c1=O. The number of para-hydroxylation sites is 1. The lowest BCUT2D eigenvalue weighted by atomic mass is 10.1. The molecular weight excluding hydrogens is 456 g/mol. The number of fused-ring (bicyclic) bond motifs is 1. The number of hydrogen-bond acceptors (Lipinski definition) is 7. The fourth-order valence-electron chi connectivity index (χ4n) is 3.80. The molecule has 0 unspecified atom stereocenters. The predicted octanol–water partition coefficient (Wildman–Crippen LogP) is 1.84. The summed E-state index contributed by atoms with van der Waals surface area (Å²) in [4.78, 5) is 43.0. The van der Waals surface area contributed by atoms with E-state index >= 15 is 0 Å². The van der Waals surface area contributed by atoms with Gasteiger partial charge in [-0.1, -0.05) is 29.5 Å². The average molecular weight is 483 g/mol. The van der Waals surface area contributed by atoms with Gasteiger partial charge in [0.15, 0.2) is 0 Å². The van der Waals surface area contributed by atoms with E-state index in [0.717, 1.165) is 15.9 Å². The maximum Gasteiger partial charge on any atom is 0.332 e. The van der Waals surface area contributed by atoms with Gasteiger partial charge in [0.25, 0.3) is 5.56 Å². The summed E-state index contributed by atoms with van der Waals surface area (Å²) in [5.74, 6) is 0.419. The highest BCUT2D eigenvalue weighted by Crippen LogP contribution is 2.30. The molecule has 0 atom stereocenters. The van der Waals surface area contributed by atoms with Gasteiger partial charge >= 0.3 is 5.69 Å². The van der Waals surface area contributed by atoms with E-state index in [1.165, 1.54) is 21.0 Å². The second-order valence-corrected chi connectivity index (χ2v) is 8.80. The number of amides is 1. The Kier molecular flexibility index (Phi) is 6.64. The van der Waals surface area contributed by atoms with Crippen LogP contribution in [0.3, 0.4) is 0 Å². The van der Waals surface area contributed by atoms with Crippen LogP contribution >= 0.6 is 11.3 Å². The lowest BCUT2D eigenvalue weighted by Crippen LogP contribution is -2.44. The summed E-state index contributed by atoms with van der Waals surface area (Å²) in [6.45, 7) is 4.10. The summed E-state index contributed by atoms with van der Waals surface area (Å²) < 4.78 is 8.04. The molecule has 4 aromatic rings. The van der Waals surface area contributed by atoms with Crippen molar-refractivity contribution in [2.45, 2.75) is 33.4 Å². The summed E-state index contributed by atoms with van der Waals surface area (Å²) in [7, 11) is 3.24. The molecule has 0 saturated carbocycles. The zero-order valence-electron chi connectivity index (χ0n) is 19.5.